The highest BCUT2D eigenvalue weighted by atomic mass is 35.5. The minimum atomic E-state index is -2.13. The number of fused-ring (bicyclic) bond motifs is 4. The number of alkyl halides is 2. The van der Waals surface area contributed by atoms with Crippen LogP contribution in [-0.4, -0.2) is 47.0 Å². The van der Waals surface area contributed by atoms with E-state index in [2.05, 4.69) is 0 Å². The number of rotatable bonds is 3. The summed E-state index contributed by atoms with van der Waals surface area (Å²) in [6.07, 6.45) is 1.39. The third-order valence-corrected chi connectivity index (χ3v) is 9.36. The van der Waals surface area contributed by atoms with E-state index in [4.69, 9.17) is 51.1 Å². The molecular formula is C23H19Cl4N3O6. The zero-order valence-electron chi connectivity index (χ0n) is 18.9. The number of benzene rings is 1. The fourth-order valence-electron chi connectivity index (χ4n) is 5.43. The van der Waals surface area contributed by atoms with Gasteiger partial charge in [0.25, 0.3) is 0 Å². The van der Waals surface area contributed by atoms with Crippen molar-refractivity contribution in [2.75, 3.05) is 6.61 Å². The van der Waals surface area contributed by atoms with Gasteiger partial charge in [-0.15, -0.1) is 23.2 Å². The van der Waals surface area contributed by atoms with Gasteiger partial charge in [0.05, 0.1) is 19.2 Å². The maximum Gasteiger partial charge on any atom is 0.347 e. The molecule has 2 aromatic rings. The SMILES string of the molecule is CCOc1cc(C2C3=CCn4c(=O)n(C)c(=O)n4C3CC3(Cl)C(=O)C(Cl)=C(Cl)C(=O)C23Cl)ccc1O. The number of ether oxygens (including phenoxy) is 1. The van der Waals surface area contributed by atoms with Crippen molar-refractivity contribution in [2.24, 2.45) is 7.05 Å². The van der Waals surface area contributed by atoms with Crippen molar-refractivity contribution in [3.8, 4) is 11.5 Å². The van der Waals surface area contributed by atoms with E-state index in [0.717, 1.165) is 4.57 Å². The molecule has 9 nitrogen and oxygen atoms in total. The van der Waals surface area contributed by atoms with Crippen LogP contribution in [0.1, 0.15) is 30.9 Å². The second-order valence-corrected chi connectivity index (χ2v) is 10.9. The lowest BCUT2D eigenvalue weighted by atomic mass is 9.59. The third-order valence-electron chi connectivity index (χ3n) is 7.11. The summed E-state index contributed by atoms with van der Waals surface area (Å²) in [5, 5.41) is 9.18. The Labute approximate surface area is 224 Å². The Kier molecular flexibility index (Phi) is 5.79. The first-order chi connectivity index (χ1) is 16.9. The molecule has 0 amide bonds. The Bertz CT molecular complexity index is 1530. The summed E-state index contributed by atoms with van der Waals surface area (Å²) in [6.45, 7) is 1.99. The molecule has 3 aliphatic rings. The molecule has 2 aliphatic carbocycles. The second-order valence-electron chi connectivity index (χ2n) is 8.87. The first-order valence-corrected chi connectivity index (χ1v) is 12.5. The largest absolute Gasteiger partial charge is 0.504 e. The van der Waals surface area contributed by atoms with Gasteiger partial charge >= 0.3 is 11.4 Å². The summed E-state index contributed by atoms with van der Waals surface area (Å²) in [4.78, 5) is 48.6. The minimum absolute atomic E-state index is 0.0162. The van der Waals surface area contributed by atoms with Crippen LogP contribution >= 0.6 is 46.4 Å². The van der Waals surface area contributed by atoms with Crippen molar-refractivity contribution in [1.82, 2.24) is 13.9 Å². The number of Topliss-reactive ketones (excluding diaryl/α,β-unsaturated/α-hetero) is 2. The van der Waals surface area contributed by atoms with Crippen LogP contribution in [0.15, 0.2) is 49.5 Å². The number of aromatic nitrogens is 3. The van der Waals surface area contributed by atoms with Crippen LogP contribution in [0.4, 0.5) is 0 Å². The summed E-state index contributed by atoms with van der Waals surface area (Å²) in [5.41, 5.74) is -0.290. The number of carbonyl (C=O) groups excluding carboxylic acids is 2. The van der Waals surface area contributed by atoms with Gasteiger partial charge in [-0.05, 0) is 30.2 Å². The van der Waals surface area contributed by atoms with E-state index in [1.165, 1.54) is 34.6 Å². The summed E-state index contributed by atoms with van der Waals surface area (Å²) in [5.74, 6) is -2.82. The smallest absolute Gasteiger partial charge is 0.347 e. The number of carbonyl (C=O) groups is 2. The van der Waals surface area contributed by atoms with Gasteiger partial charge in [-0.2, -0.15) is 0 Å². The number of allylic oxidation sites excluding steroid dienone is 4. The fraction of sp³-hybridized carbons (Fsp3) is 0.391. The van der Waals surface area contributed by atoms with Crippen molar-refractivity contribution >= 4 is 58.0 Å². The molecule has 2 heterocycles. The minimum Gasteiger partial charge on any atom is -0.504 e. The van der Waals surface area contributed by atoms with E-state index >= 15 is 0 Å². The van der Waals surface area contributed by atoms with Gasteiger partial charge in [0.1, 0.15) is 19.8 Å². The molecule has 13 heteroatoms. The molecule has 5 rings (SSSR count). The molecule has 0 radical (unpaired) electrons. The number of nitrogens with zero attached hydrogens (tertiary/aromatic N) is 3. The quantitative estimate of drug-likeness (QED) is 0.445. The number of ketones is 2. The maximum atomic E-state index is 13.7. The molecule has 4 atom stereocenters. The van der Waals surface area contributed by atoms with Crippen LogP contribution in [0.5, 0.6) is 11.5 Å². The van der Waals surface area contributed by atoms with Gasteiger partial charge in [-0.3, -0.25) is 9.59 Å². The summed E-state index contributed by atoms with van der Waals surface area (Å²) in [6, 6.07) is 3.48. The predicted molar refractivity (Wildman–Crippen MR) is 134 cm³/mol. The van der Waals surface area contributed by atoms with Crippen LogP contribution in [0.3, 0.4) is 0 Å². The Hall–Kier alpha value is -2.46. The average Bonchev–Trinajstić information content (AvgIpc) is 3.08. The first-order valence-electron chi connectivity index (χ1n) is 11.0. The lowest BCUT2D eigenvalue weighted by molar-refractivity contribution is -0.128. The topological polar surface area (TPSA) is 113 Å². The Morgan fingerprint density at radius 1 is 1.08 bits per heavy atom. The van der Waals surface area contributed by atoms with Gasteiger partial charge in [0.15, 0.2) is 23.1 Å². The van der Waals surface area contributed by atoms with Crippen LogP contribution in [0.2, 0.25) is 0 Å². The summed E-state index contributed by atoms with van der Waals surface area (Å²) < 4.78 is 8.92. The van der Waals surface area contributed by atoms with Crippen LogP contribution in [0, 0.1) is 0 Å². The lowest BCUT2D eigenvalue weighted by Crippen LogP contribution is -2.67. The highest BCUT2D eigenvalue weighted by molar-refractivity contribution is 6.66. The van der Waals surface area contributed by atoms with Crippen molar-refractivity contribution in [2.45, 2.75) is 41.6 Å². The van der Waals surface area contributed by atoms with Crippen LogP contribution in [0.25, 0.3) is 0 Å². The molecule has 36 heavy (non-hydrogen) atoms. The Morgan fingerprint density at radius 3 is 2.42 bits per heavy atom. The Balaban J connectivity index is 1.84. The third kappa shape index (κ3) is 3.03. The number of aromatic hydroxyl groups is 1. The molecule has 1 fully saturated rings. The van der Waals surface area contributed by atoms with E-state index in [1.54, 1.807) is 13.0 Å². The molecule has 4 unspecified atom stereocenters. The molecular weight excluding hydrogens is 556 g/mol. The number of halogens is 4. The standard InChI is InChI=1S/C23H19Cl4N3O6/c1-3-36-14-8-10(4-5-13(14)31)15-11-6-7-29-20(34)28(2)21(35)30(29)12(11)9-22(26)18(32)16(24)17(25)19(33)23(15,22)27/h4-6,8,12,15,31H,3,7,9H2,1-2H3. The average molecular weight is 575 g/mol. The Morgan fingerprint density at radius 2 is 1.75 bits per heavy atom. The molecule has 0 saturated heterocycles. The molecule has 0 spiro atoms. The zero-order chi connectivity index (χ0) is 26.3. The number of phenols is 1. The zero-order valence-corrected chi connectivity index (χ0v) is 22.0. The van der Waals surface area contributed by atoms with E-state index < -0.39 is 54.7 Å². The number of hydrogen-bond donors (Lipinski definition) is 1. The molecule has 1 aromatic carbocycles. The maximum absolute atomic E-state index is 13.7. The highest BCUT2D eigenvalue weighted by Gasteiger charge is 2.71. The van der Waals surface area contributed by atoms with Gasteiger partial charge in [0, 0.05) is 19.4 Å². The van der Waals surface area contributed by atoms with E-state index in [9.17, 15) is 24.3 Å². The van der Waals surface area contributed by atoms with Crippen LogP contribution in [-0.2, 0) is 23.2 Å². The van der Waals surface area contributed by atoms with Crippen molar-refractivity contribution in [3.63, 3.8) is 0 Å². The molecule has 1 aromatic heterocycles. The lowest BCUT2D eigenvalue weighted by Gasteiger charge is -2.54. The summed E-state index contributed by atoms with van der Waals surface area (Å²) >= 11 is 26.5. The van der Waals surface area contributed by atoms with Gasteiger partial charge in [-0.25, -0.2) is 23.5 Å². The molecule has 1 N–H and O–H groups in total. The van der Waals surface area contributed by atoms with Gasteiger partial charge in [-0.1, -0.05) is 35.3 Å². The van der Waals surface area contributed by atoms with Gasteiger partial charge < -0.3 is 9.84 Å². The van der Waals surface area contributed by atoms with E-state index in [1.807, 2.05) is 0 Å². The number of hydrogen-bond acceptors (Lipinski definition) is 6. The van der Waals surface area contributed by atoms with E-state index in [-0.39, 0.29) is 31.1 Å². The monoisotopic (exact) mass is 573 g/mol. The van der Waals surface area contributed by atoms with E-state index in [0.29, 0.717) is 11.1 Å². The first kappa shape index (κ1) is 25.2. The van der Waals surface area contributed by atoms with Gasteiger partial charge in [0.2, 0.25) is 0 Å². The van der Waals surface area contributed by atoms with Crippen molar-refractivity contribution in [3.05, 3.63) is 66.4 Å². The van der Waals surface area contributed by atoms with Crippen LogP contribution < -0.4 is 16.1 Å². The predicted octanol–water partition coefficient (Wildman–Crippen LogP) is 2.92. The number of phenolic OH excluding ortho intramolecular Hbond substituents is 1. The normalized spacial score (nSPS) is 29.4. The molecule has 1 saturated carbocycles. The van der Waals surface area contributed by atoms with Crippen molar-refractivity contribution in [1.29, 1.82) is 0 Å². The second kappa shape index (κ2) is 8.28. The highest BCUT2D eigenvalue weighted by Crippen LogP contribution is 2.63. The van der Waals surface area contributed by atoms with Crippen molar-refractivity contribution < 1.29 is 19.4 Å². The molecule has 1 aliphatic heterocycles. The molecule has 190 valence electrons. The summed E-state index contributed by atoms with van der Waals surface area (Å²) in [7, 11) is 1.34. The molecule has 0 bridgehead atoms. The fourth-order valence-corrected chi connectivity index (χ4v) is 6.96.